The summed E-state index contributed by atoms with van der Waals surface area (Å²) in [5.41, 5.74) is 3.78. The first-order valence-electron chi connectivity index (χ1n) is 12.1. The van der Waals surface area contributed by atoms with E-state index in [1.165, 1.54) is 28.5 Å². The van der Waals surface area contributed by atoms with Gasteiger partial charge in [0.05, 0.1) is 18.0 Å². The molecule has 0 aliphatic carbocycles. The molecule has 5 aromatic rings. The molecular weight excluding hydrogens is 503 g/mol. The second-order valence-electron chi connectivity index (χ2n) is 8.45. The fourth-order valence-corrected chi connectivity index (χ4v) is 4.88. The molecule has 2 aromatic heterocycles. The molecule has 192 valence electrons. The number of carbonyl (C=O) groups excluding carboxylic acids is 1. The quantitative estimate of drug-likeness (QED) is 0.200. The van der Waals surface area contributed by atoms with Gasteiger partial charge < -0.3 is 15.0 Å². The number of aromatic amines is 1. The number of fused-ring (bicyclic) bond motifs is 1. The minimum atomic E-state index is -0.330. The van der Waals surface area contributed by atoms with Crippen molar-refractivity contribution in [3.8, 4) is 22.6 Å². The van der Waals surface area contributed by atoms with E-state index in [0.29, 0.717) is 34.2 Å². The van der Waals surface area contributed by atoms with Gasteiger partial charge in [0, 0.05) is 18.3 Å². The molecular formula is C29H25FN4O3S. The van der Waals surface area contributed by atoms with Crippen LogP contribution in [0.2, 0.25) is 0 Å². The lowest BCUT2D eigenvalue weighted by molar-refractivity contribution is -0.118. The Hall–Kier alpha value is -4.37. The van der Waals surface area contributed by atoms with Crippen LogP contribution in [0.4, 0.5) is 4.39 Å². The van der Waals surface area contributed by atoms with Crippen molar-refractivity contribution in [1.29, 1.82) is 0 Å². The lowest BCUT2D eigenvalue weighted by atomic mass is 10.1. The lowest BCUT2D eigenvalue weighted by Crippen LogP contribution is -2.26. The number of nitrogens with zero attached hydrogens (tertiary/aromatic N) is 2. The van der Waals surface area contributed by atoms with Crippen LogP contribution >= 0.6 is 11.8 Å². The Morgan fingerprint density at radius 1 is 1.05 bits per heavy atom. The minimum Gasteiger partial charge on any atom is -0.494 e. The van der Waals surface area contributed by atoms with Crippen LogP contribution in [-0.2, 0) is 11.3 Å². The number of nitrogens with one attached hydrogen (secondary N) is 2. The van der Waals surface area contributed by atoms with Gasteiger partial charge in [-0.2, -0.15) is 0 Å². The molecule has 1 amide bonds. The van der Waals surface area contributed by atoms with Crippen LogP contribution in [0.15, 0.2) is 95.0 Å². The predicted octanol–water partition coefficient (Wildman–Crippen LogP) is 5.33. The average molecular weight is 529 g/mol. The molecule has 0 fully saturated rings. The largest absolute Gasteiger partial charge is 0.494 e. The van der Waals surface area contributed by atoms with E-state index >= 15 is 0 Å². The first kappa shape index (κ1) is 25.3. The Balaban J connectivity index is 1.48. The summed E-state index contributed by atoms with van der Waals surface area (Å²) >= 11 is 1.17. The number of H-pyrrole nitrogens is 1. The number of thioether (sulfide) groups is 1. The van der Waals surface area contributed by atoms with Crippen molar-refractivity contribution in [1.82, 2.24) is 19.9 Å². The standard InChI is InChI=1S/C29H25FN4O3S/c1-2-37-23-14-12-22(13-15-23)34-28(36)27-26(24(17-32-27)20-6-4-3-5-7-20)33-29(34)38-18-25(35)31-16-19-8-10-21(30)11-9-19/h3-15,17,32H,2,16,18H2,1H3,(H,31,35). The summed E-state index contributed by atoms with van der Waals surface area (Å²) in [4.78, 5) is 34.3. The number of aromatic nitrogens is 3. The molecule has 5 rings (SSSR count). The Morgan fingerprint density at radius 3 is 2.50 bits per heavy atom. The van der Waals surface area contributed by atoms with Crippen molar-refractivity contribution in [2.75, 3.05) is 12.4 Å². The van der Waals surface area contributed by atoms with Gasteiger partial charge >= 0.3 is 0 Å². The van der Waals surface area contributed by atoms with E-state index in [1.807, 2.05) is 37.3 Å². The molecule has 0 aliphatic rings. The van der Waals surface area contributed by atoms with E-state index in [4.69, 9.17) is 9.72 Å². The van der Waals surface area contributed by atoms with Crippen molar-refractivity contribution in [2.24, 2.45) is 0 Å². The number of amides is 1. The summed E-state index contributed by atoms with van der Waals surface area (Å²) in [5, 5.41) is 3.22. The zero-order valence-corrected chi connectivity index (χ0v) is 21.4. The molecule has 0 bridgehead atoms. The van der Waals surface area contributed by atoms with Gasteiger partial charge in [-0.25, -0.2) is 9.37 Å². The molecule has 3 aromatic carbocycles. The molecule has 0 saturated heterocycles. The minimum absolute atomic E-state index is 0.0429. The van der Waals surface area contributed by atoms with Gasteiger partial charge in [-0.05, 0) is 54.4 Å². The second-order valence-corrected chi connectivity index (χ2v) is 9.39. The summed E-state index contributed by atoms with van der Waals surface area (Å²) in [7, 11) is 0. The van der Waals surface area contributed by atoms with Crippen molar-refractivity contribution >= 4 is 28.7 Å². The van der Waals surface area contributed by atoms with Crippen molar-refractivity contribution < 1.29 is 13.9 Å². The van der Waals surface area contributed by atoms with Gasteiger partial charge in [0.25, 0.3) is 5.56 Å². The summed E-state index contributed by atoms with van der Waals surface area (Å²) in [6, 6.07) is 22.8. The maximum absolute atomic E-state index is 13.7. The SMILES string of the molecule is CCOc1ccc(-n2c(SCC(=O)NCc3ccc(F)cc3)nc3c(-c4ccccc4)c[nH]c3c2=O)cc1. The lowest BCUT2D eigenvalue weighted by Gasteiger charge is -2.13. The smallest absolute Gasteiger partial charge is 0.283 e. The van der Waals surface area contributed by atoms with Gasteiger partial charge in [0.1, 0.15) is 22.6 Å². The third-order valence-corrected chi connectivity index (χ3v) is 6.83. The van der Waals surface area contributed by atoms with E-state index in [-0.39, 0.29) is 29.6 Å². The van der Waals surface area contributed by atoms with Gasteiger partial charge in [0.2, 0.25) is 5.91 Å². The Labute approximate surface area is 222 Å². The van der Waals surface area contributed by atoms with Gasteiger partial charge in [-0.15, -0.1) is 0 Å². The summed E-state index contributed by atoms with van der Waals surface area (Å²) < 4.78 is 20.2. The molecule has 0 unspecified atom stereocenters. The number of halogens is 1. The molecule has 7 nitrogen and oxygen atoms in total. The molecule has 2 heterocycles. The number of ether oxygens (including phenoxy) is 1. The third kappa shape index (κ3) is 5.47. The maximum atomic E-state index is 13.7. The number of benzene rings is 3. The highest BCUT2D eigenvalue weighted by atomic mass is 32.2. The highest BCUT2D eigenvalue weighted by Gasteiger charge is 2.19. The van der Waals surface area contributed by atoms with Crippen molar-refractivity contribution in [3.63, 3.8) is 0 Å². The van der Waals surface area contributed by atoms with Crippen molar-refractivity contribution in [3.05, 3.63) is 107 Å². The fourth-order valence-electron chi connectivity index (χ4n) is 4.04. The monoisotopic (exact) mass is 528 g/mol. The normalized spacial score (nSPS) is 11.0. The predicted molar refractivity (Wildman–Crippen MR) is 147 cm³/mol. The van der Waals surface area contributed by atoms with E-state index < -0.39 is 0 Å². The molecule has 0 radical (unpaired) electrons. The second kappa shape index (κ2) is 11.4. The molecule has 0 spiro atoms. The van der Waals surface area contributed by atoms with Crippen LogP contribution in [0.5, 0.6) is 5.75 Å². The number of hydrogen-bond acceptors (Lipinski definition) is 5. The first-order valence-corrected chi connectivity index (χ1v) is 13.1. The molecule has 9 heteroatoms. The topological polar surface area (TPSA) is 89.0 Å². The summed E-state index contributed by atoms with van der Waals surface area (Å²) in [6.45, 7) is 2.71. The van der Waals surface area contributed by atoms with E-state index in [1.54, 1.807) is 42.6 Å². The molecule has 38 heavy (non-hydrogen) atoms. The first-order chi connectivity index (χ1) is 18.5. The van der Waals surface area contributed by atoms with Gasteiger partial charge in [0.15, 0.2) is 5.16 Å². The molecule has 0 saturated carbocycles. The van der Waals surface area contributed by atoms with Crippen LogP contribution < -0.4 is 15.6 Å². The number of rotatable bonds is 9. The van der Waals surface area contributed by atoms with E-state index in [9.17, 15) is 14.0 Å². The Morgan fingerprint density at radius 2 is 1.79 bits per heavy atom. The molecule has 2 N–H and O–H groups in total. The van der Waals surface area contributed by atoms with Gasteiger partial charge in [-0.1, -0.05) is 54.2 Å². The van der Waals surface area contributed by atoms with Crippen LogP contribution in [0.1, 0.15) is 12.5 Å². The van der Waals surface area contributed by atoms with Crippen LogP contribution in [0.25, 0.3) is 27.8 Å². The fraction of sp³-hybridized carbons (Fsp3) is 0.138. The highest BCUT2D eigenvalue weighted by molar-refractivity contribution is 7.99. The zero-order valence-electron chi connectivity index (χ0n) is 20.6. The Kier molecular flexibility index (Phi) is 7.55. The highest BCUT2D eigenvalue weighted by Crippen LogP contribution is 2.29. The number of hydrogen-bond donors (Lipinski definition) is 2. The zero-order chi connectivity index (χ0) is 26.5. The van der Waals surface area contributed by atoms with E-state index in [0.717, 1.165) is 16.7 Å². The molecule has 0 atom stereocenters. The molecule has 0 aliphatic heterocycles. The van der Waals surface area contributed by atoms with Crippen LogP contribution in [-0.4, -0.2) is 32.8 Å². The van der Waals surface area contributed by atoms with Crippen LogP contribution in [0.3, 0.4) is 0 Å². The third-order valence-electron chi connectivity index (χ3n) is 5.89. The maximum Gasteiger partial charge on any atom is 0.283 e. The number of carbonyl (C=O) groups is 1. The summed E-state index contributed by atoms with van der Waals surface area (Å²) in [5.74, 6) is 0.175. The average Bonchev–Trinajstić information content (AvgIpc) is 3.37. The summed E-state index contributed by atoms with van der Waals surface area (Å²) in [6.07, 6.45) is 1.78. The van der Waals surface area contributed by atoms with Crippen LogP contribution in [0, 0.1) is 5.82 Å². The van der Waals surface area contributed by atoms with Crippen molar-refractivity contribution in [2.45, 2.75) is 18.6 Å². The van der Waals surface area contributed by atoms with E-state index in [2.05, 4.69) is 10.3 Å². The Bertz CT molecular complexity index is 1610. The van der Waals surface area contributed by atoms with Gasteiger partial charge in [-0.3, -0.25) is 14.2 Å².